The molecule has 1 aromatic carbocycles. The standard InChI is InChI=1S/C11H11NO3S/c1-7-4-5-9-10(6-7)16(14,15)8(2)11(13)12(9)3/h4-6H,2H2,1,3H3. The average molecular weight is 237 g/mol. The third-order valence-electron chi connectivity index (χ3n) is 2.63. The Kier molecular flexibility index (Phi) is 2.17. The Morgan fingerprint density at radius 2 is 1.94 bits per heavy atom. The van der Waals surface area contributed by atoms with Crippen LogP contribution in [0.4, 0.5) is 5.69 Å². The van der Waals surface area contributed by atoms with Gasteiger partial charge in [0.15, 0.2) is 0 Å². The van der Waals surface area contributed by atoms with Gasteiger partial charge in [-0.15, -0.1) is 0 Å². The molecule has 0 saturated carbocycles. The van der Waals surface area contributed by atoms with Gasteiger partial charge in [-0.05, 0) is 24.6 Å². The van der Waals surface area contributed by atoms with Crippen molar-refractivity contribution in [1.29, 1.82) is 0 Å². The number of sulfone groups is 1. The van der Waals surface area contributed by atoms with Crippen molar-refractivity contribution in [2.45, 2.75) is 11.8 Å². The maximum absolute atomic E-state index is 12.0. The summed E-state index contributed by atoms with van der Waals surface area (Å²) in [4.78, 5) is 12.7. The van der Waals surface area contributed by atoms with Crippen LogP contribution in [0.3, 0.4) is 0 Å². The van der Waals surface area contributed by atoms with E-state index in [4.69, 9.17) is 0 Å². The lowest BCUT2D eigenvalue weighted by molar-refractivity contribution is -0.114. The molecular weight excluding hydrogens is 226 g/mol. The zero-order valence-electron chi connectivity index (χ0n) is 9.02. The summed E-state index contributed by atoms with van der Waals surface area (Å²) in [5.74, 6) is -0.573. The number of rotatable bonds is 0. The molecule has 0 saturated heterocycles. The first-order valence-corrected chi connectivity index (χ1v) is 6.16. The monoisotopic (exact) mass is 237 g/mol. The molecule has 1 aromatic rings. The first kappa shape index (κ1) is 10.9. The number of carbonyl (C=O) groups is 1. The molecular formula is C11H11NO3S. The van der Waals surface area contributed by atoms with Crippen LogP contribution in [0.2, 0.25) is 0 Å². The van der Waals surface area contributed by atoms with Gasteiger partial charge in [0.25, 0.3) is 5.91 Å². The largest absolute Gasteiger partial charge is 0.309 e. The predicted molar refractivity (Wildman–Crippen MR) is 60.9 cm³/mol. The fourth-order valence-corrected chi connectivity index (χ4v) is 3.11. The first-order valence-electron chi connectivity index (χ1n) is 4.68. The molecule has 0 spiro atoms. The molecule has 0 atom stereocenters. The maximum Gasteiger partial charge on any atom is 0.269 e. The third kappa shape index (κ3) is 1.28. The average Bonchev–Trinajstić information content (AvgIpc) is 2.24. The number of nitrogens with zero attached hydrogens (tertiary/aromatic N) is 1. The van der Waals surface area contributed by atoms with Crippen LogP contribution in [-0.4, -0.2) is 21.4 Å². The Morgan fingerprint density at radius 1 is 1.31 bits per heavy atom. The number of hydrogen-bond donors (Lipinski definition) is 0. The smallest absolute Gasteiger partial charge is 0.269 e. The molecule has 1 heterocycles. The highest BCUT2D eigenvalue weighted by molar-refractivity contribution is 7.96. The van der Waals surface area contributed by atoms with Gasteiger partial charge < -0.3 is 4.90 Å². The zero-order valence-corrected chi connectivity index (χ0v) is 9.84. The van der Waals surface area contributed by atoms with Crippen LogP contribution >= 0.6 is 0 Å². The van der Waals surface area contributed by atoms with Gasteiger partial charge in [0.1, 0.15) is 4.91 Å². The number of fused-ring (bicyclic) bond motifs is 1. The molecule has 84 valence electrons. The summed E-state index contributed by atoms with van der Waals surface area (Å²) < 4.78 is 23.9. The zero-order chi connectivity index (χ0) is 12.1. The van der Waals surface area contributed by atoms with E-state index in [0.717, 1.165) is 5.56 Å². The van der Waals surface area contributed by atoms with Crippen LogP contribution in [0.15, 0.2) is 34.6 Å². The van der Waals surface area contributed by atoms with Crippen LogP contribution < -0.4 is 4.90 Å². The number of aryl methyl sites for hydroxylation is 1. The number of benzene rings is 1. The predicted octanol–water partition coefficient (Wildman–Crippen LogP) is 1.26. The van der Waals surface area contributed by atoms with Crippen molar-refractivity contribution in [1.82, 2.24) is 0 Å². The summed E-state index contributed by atoms with van der Waals surface area (Å²) in [5.41, 5.74) is 1.24. The fraction of sp³-hybridized carbons (Fsp3) is 0.182. The Bertz CT molecular complexity index is 602. The Hall–Kier alpha value is -1.62. The number of hydrogen-bond acceptors (Lipinski definition) is 3. The molecule has 4 nitrogen and oxygen atoms in total. The molecule has 16 heavy (non-hydrogen) atoms. The van der Waals surface area contributed by atoms with Gasteiger partial charge >= 0.3 is 0 Å². The Labute approximate surface area is 94.1 Å². The number of likely N-dealkylation sites (N-methyl/N-ethyl adjacent to an activating group) is 1. The van der Waals surface area contributed by atoms with E-state index in [-0.39, 0.29) is 9.80 Å². The molecule has 2 rings (SSSR count). The van der Waals surface area contributed by atoms with Crippen molar-refractivity contribution in [3.8, 4) is 0 Å². The molecule has 0 aliphatic carbocycles. The van der Waals surface area contributed by atoms with Crippen molar-refractivity contribution in [3.63, 3.8) is 0 Å². The maximum atomic E-state index is 12.0. The minimum atomic E-state index is -3.71. The molecule has 1 aliphatic heterocycles. The SMILES string of the molecule is C=C1C(=O)N(C)c2ccc(C)cc2S1(=O)=O. The summed E-state index contributed by atoms with van der Waals surface area (Å²) in [6.45, 7) is 5.15. The van der Waals surface area contributed by atoms with Gasteiger partial charge in [-0.1, -0.05) is 12.6 Å². The van der Waals surface area contributed by atoms with Gasteiger partial charge in [-0.25, -0.2) is 8.42 Å². The fourth-order valence-electron chi connectivity index (χ4n) is 1.66. The summed E-state index contributed by atoms with van der Waals surface area (Å²) in [7, 11) is -2.17. The summed E-state index contributed by atoms with van der Waals surface area (Å²) in [6, 6.07) is 4.96. The van der Waals surface area contributed by atoms with E-state index in [0.29, 0.717) is 5.69 Å². The minimum Gasteiger partial charge on any atom is -0.309 e. The quantitative estimate of drug-likeness (QED) is 0.638. The molecule has 0 unspecified atom stereocenters. The van der Waals surface area contributed by atoms with Crippen molar-refractivity contribution in [3.05, 3.63) is 35.2 Å². The van der Waals surface area contributed by atoms with Crippen LogP contribution in [0, 0.1) is 6.92 Å². The van der Waals surface area contributed by atoms with Crippen molar-refractivity contribution in [2.24, 2.45) is 0 Å². The molecule has 0 fully saturated rings. The van der Waals surface area contributed by atoms with Gasteiger partial charge in [-0.2, -0.15) is 0 Å². The minimum absolute atomic E-state index is 0.152. The summed E-state index contributed by atoms with van der Waals surface area (Å²) in [6.07, 6.45) is 0. The topological polar surface area (TPSA) is 54.5 Å². The van der Waals surface area contributed by atoms with E-state index in [2.05, 4.69) is 6.58 Å². The van der Waals surface area contributed by atoms with Gasteiger partial charge in [-0.3, -0.25) is 4.79 Å². The molecule has 0 bridgehead atoms. The lowest BCUT2D eigenvalue weighted by atomic mass is 10.2. The second-order valence-corrected chi connectivity index (χ2v) is 5.70. The first-order chi connectivity index (χ1) is 7.35. The molecule has 5 heteroatoms. The van der Waals surface area contributed by atoms with Crippen LogP contribution in [0.1, 0.15) is 5.56 Å². The van der Waals surface area contributed by atoms with E-state index in [9.17, 15) is 13.2 Å². The number of amides is 1. The summed E-state index contributed by atoms with van der Waals surface area (Å²) >= 11 is 0. The highest BCUT2D eigenvalue weighted by Crippen LogP contribution is 2.35. The Balaban J connectivity index is 2.85. The molecule has 1 amide bonds. The normalized spacial score (nSPS) is 18.5. The van der Waals surface area contributed by atoms with Gasteiger partial charge in [0.05, 0.1) is 10.6 Å². The van der Waals surface area contributed by atoms with Crippen LogP contribution in [-0.2, 0) is 14.6 Å². The Morgan fingerprint density at radius 3 is 2.56 bits per heavy atom. The van der Waals surface area contributed by atoms with Crippen LogP contribution in [0.25, 0.3) is 0 Å². The van der Waals surface area contributed by atoms with Crippen LogP contribution in [0.5, 0.6) is 0 Å². The second-order valence-electron chi connectivity index (χ2n) is 3.76. The third-order valence-corrected chi connectivity index (χ3v) is 4.36. The summed E-state index contributed by atoms with van der Waals surface area (Å²) in [5, 5.41) is 0. The van der Waals surface area contributed by atoms with E-state index in [1.165, 1.54) is 11.9 Å². The molecule has 0 N–H and O–H groups in total. The highest BCUT2D eigenvalue weighted by atomic mass is 32.2. The molecule has 0 aromatic heterocycles. The van der Waals surface area contributed by atoms with Gasteiger partial charge in [0, 0.05) is 7.05 Å². The number of carbonyl (C=O) groups excluding carboxylic acids is 1. The lowest BCUT2D eigenvalue weighted by Crippen LogP contribution is -2.35. The highest BCUT2D eigenvalue weighted by Gasteiger charge is 2.36. The van der Waals surface area contributed by atoms with E-state index >= 15 is 0 Å². The second kappa shape index (κ2) is 3.18. The van der Waals surface area contributed by atoms with Crippen molar-refractivity contribution >= 4 is 21.4 Å². The van der Waals surface area contributed by atoms with E-state index in [1.807, 2.05) is 0 Å². The van der Waals surface area contributed by atoms with Crippen molar-refractivity contribution < 1.29 is 13.2 Å². The lowest BCUT2D eigenvalue weighted by Gasteiger charge is -2.26. The van der Waals surface area contributed by atoms with Crippen molar-refractivity contribution in [2.75, 3.05) is 11.9 Å². The number of anilines is 1. The molecule has 1 aliphatic rings. The molecule has 0 radical (unpaired) electrons. The van der Waals surface area contributed by atoms with Gasteiger partial charge in [0.2, 0.25) is 9.84 Å². The van der Waals surface area contributed by atoms with E-state index < -0.39 is 15.7 Å². The van der Waals surface area contributed by atoms with E-state index in [1.54, 1.807) is 25.1 Å².